The average molecular weight is 400 g/mol. The fourth-order valence-electron chi connectivity index (χ4n) is 2.37. The van der Waals surface area contributed by atoms with Gasteiger partial charge in [-0.15, -0.1) is 0 Å². The lowest BCUT2D eigenvalue weighted by atomic mass is 9.98. The Labute approximate surface area is 159 Å². The van der Waals surface area contributed by atoms with E-state index in [0.29, 0.717) is 0 Å². The zero-order chi connectivity index (χ0) is 20.0. The van der Waals surface area contributed by atoms with Crippen LogP contribution in [0.4, 0.5) is 18.9 Å². The largest absolute Gasteiger partial charge is 0.456 e. The van der Waals surface area contributed by atoms with Gasteiger partial charge in [0.25, 0.3) is 5.91 Å². The van der Waals surface area contributed by atoms with Gasteiger partial charge in [-0.25, -0.2) is 0 Å². The van der Waals surface area contributed by atoms with Crippen molar-refractivity contribution in [2.24, 2.45) is 0 Å². The molecule has 0 aliphatic heterocycles. The van der Waals surface area contributed by atoms with Crippen molar-refractivity contribution in [2.45, 2.75) is 25.4 Å². The number of anilines is 1. The zero-order valence-corrected chi connectivity index (χ0v) is 15.1. The van der Waals surface area contributed by atoms with E-state index < -0.39 is 35.2 Å². The van der Waals surface area contributed by atoms with Gasteiger partial charge in [0, 0.05) is 5.69 Å². The molecule has 0 spiro atoms. The molecule has 0 fully saturated rings. The van der Waals surface area contributed by atoms with Crippen molar-refractivity contribution in [1.82, 2.24) is 0 Å². The van der Waals surface area contributed by atoms with Crippen LogP contribution in [-0.2, 0) is 20.5 Å². The van der Waals surface area contributed by atoms with Crippen molar-refractivity contribution in [2.75, 3.05) is 11.9 Å². The summed E-state index contributed by atoms with van der Waals surface area (Å²) < 4.78 is 43.3. The summed E-state index contributed by atoms with van der Waals surface area (Å²) in [4.78, 5) is 23.7. The van der Waals surface area contributed by atoms with Crippen LogP contribution in [0.1, 0.15) is 30.4 Å². The van der Waals surface area contributed by atoms with Crippen molar-refractivity contribution in [1.29, 1.82) is 0 Å². The lowest BCUT2D eigenvalue weighted by molar-refractivity contribution is -0.147. The minimum Gasteiger partial charge on any atom is -0.456 e. The number of halogens is 4. The molecule has 27 heavy (non-hydrogen) atoms. The summed E-state index contributed by atoms with van der Waals surface area (Å²) in [6.45, 7) is 1.26. The molecule has 2 aromatic carbocycles. The molecule has 0 heterocycles. The van der Waals surface area contributed by atoms with Crippen LogP contribution >= 0.6 is 11.6 Å². The molecule has 0 unspecified atom stereocenters. The van der Waals surface area contributed by atoms with Crippen LogP contribution in [0.5, 0.6) is 0 Å². The molecule has 144 valence electrons. The Kier molecular flexibility index (Phi) is 6.85. The quantitative estimate of drug-likeness (QED) is 0.693. The van der Waals surface area contributed by atoms with Crippen LogP contribution in [0.2, 0.25) is 5.02 Å². The van der Waals surface area contributed by atoms with E-state index in [1.165, 1.54) is 6.07 Å². The fraction of sp³-hybridized carbons (Fsp3) is 0.263. The van der Waals surface area contributed by atoms with Gasteiger partial charge in [0.2, 0.25) is 0 Å². The number of nitrogens with one attached hydrogen (secondary N) is 1. The molecule has 2 rings (SSSR count). The maximum Gasteiger partial charge on any atom is 0.417 e. The van der Waals surface area contributed by atoms with Crippen LogP contribution in [-0.4, -0.2) is 18.5 Å². The molecular weight excluding hydrogens is 383 g/mol. The summed E-state index contributed by atoms with van der Waals surface area (Å²) >= 11 is 5.52. The molecule has 0 saturated carbocycles. The third-order valence-corrected chi connectivity index (χ3v) is 4.09. The minimum atomic E-state index is -4.64. The van der Waals surface area contributed by atoms with E-state index in [9.17, 15) is 22.8 Å². The Hall–Kier alpha value is -2.54. The summed E-state index contributed by atoms with van der Waals surface area (Å²) in [6, 6.07) is 12.3. The first-order chi connectivity index (χ1) is 12.7. The van der Waals surface area contributed by atoms with E-state index in [1.54, 1.807) is 0 Å². The number of esters is 1. The maximum atomic E-state index is 12.8. The highest BCUT2D eigenvalue weighted by Gasteiger charge is 2.33. The second kappa shape index (κ2) is 8.90. The molecule has 1 N–H and O–H groups in total. The van der Waals surface area contributed by atoms with Crippen LogP contribution in [0.15, 0.2) is 48.5 Å². The Bertz CT molecular complexity index is 810. The Balaban J connectivity index is 1.86. The molecule has 1 atom stereocenters. The summed E-state index contributed by atoms with van der Waals surface area (Å²) in [5, 5.41) is 1.78. The van der Waals surface area contributed by atoms with Gasteiger partial charge in [0.1, 0.15) is 0 Å². The third-order valence-electron chi connectivity index (χ3n) is 3.76. The highest BCUT2D eigenvalue weighted by molar-refractivity contribution is 6.31. The van der Waals surface area contributed by atoms with E-state index in [-0.39, 0.29) is 18.0 Å². The van der Waals surface area contributed by atoms with Gasteiger partial charge in [-0.1, -0.05) is 48.9 Å². The van der Waals surface area contributed by atoms with E-state index in [1.807, 2.05) is 37.3 Å². The molecule has 4 nitrogen and oxygen atoms in total. The molecule has 0 aliphatic carbocycles. The first kappa shape index (κ1) is 20.8. The van der Waals surface area contributed by atoms with Crippen molar-refractivity contribution in [3.8, 4) is 0 Å². The van der Waals surface area contributed by atoms with E-state index in [4.69, 9.17) is 16.3 Å². The number of carbonyl (C=O) groups excluding carboxylic acids is 2. The first-order valence-electron chi connectivity index (χ1n) is 8.04. The van der Waals surface area contributed by atoms with Crippen LogP contribution < -0.4 is 5.32 Å². The van der Waals surface area contributed by atoms with Gasteiger partial charge in [-0.3, -0.25) is 9.59 Å². The monoisotopic (exact) mass is 399 g/mol. The molecule has 0 radical (unpaired) electrons. The van der Waals surface area contributed by atoms with Gasteiger partial charge < -0.3 is 10.1 Å². The standard InChI is InChI=1S/C19H17ClF3NO3/c1-12(13-5-3-2-4-6-13)9-18(26)27-11-17(25)24-14-7-8-16(20)15(10-14)19(21,22)23/h2-8,10,12H,9,11H2,1H3,(H,24,25)/t12-/m0/s1. The zero-order valence-electron chi connectivity index (χ0n) is 14.3. The minimum absolute atomic E-state index is 0.0798. The normalized spacial score (nSPS) is 12.3. The number of amides is 1. The van der Waals surface area contributed by atoms with Gasteiger partial charge in [-0.05, 0) is 29.7 Å². The van der Waals surface area contributed by atoms with Crippen molar-refractivity contribution >= 4 is 29.2 Å². The van der Waals surface area contributed by atoms with Crippen molar-refractivity contribution in [3.63, 3.8) is 0 Å². The molecule has 0 aliphatic rings. The number of hydrogen-bond donors (Lipinski definition) is 1. The van der Waals surface area contributed by atoms with Gasteiger partial charge in [0.05, 0.1) is 17.0 Å². The number of hydrogen-bond acceptors (Lipinski definition) is 3. The predicted molar refractivity (Wildman–Crippen MR) is 95.5 cm³/mol. The molecule has 2 aromatic rings. The molecule has 0 aromatic heterocycles. The number of carbonyl (C=O) groups is 2. The predicted octanol–water partition coefficient (Wildman–Crippen LogP) is 5.03. The van der Waals surface area contributed by atoms with Crippen molar-refractivity contribution in [3.05, 3.63) is 64.7 Å². The Morgan fingerprint density at radius 2 is 1.81 bits per heavy atom. The molecular formula is C19H17ClF3NO3. The molecule has 0 bridgehead atoms. The van der Waals surface area contributed by atoms with Crippen LogP contribution in [0.25, 0.3) is 0 Å². The lowest BCUT2D eigenvalue weighted by Gasteiger charge is -2.13. The van der Waals surface area contributed by atoms with Crippen LogP contribution in [0.3, 0.4) is 0 Å². The maximum absolute atomic E-state index is 12.8. The van der Waals surface area contributed by atoms with E-state index in [2.05, 4.69) is 5.32 Å². The second-order valence-corrected chi connectivity index (χ2v) is 6.32. The summed E-state index contributed by atoms with van der Waals surface area (Å²) in [6.07, 6.45) is -4.56. The third kappa shape index (κ3) is 6.29. The van der Waals surface area contributed by atoms with Gasteiger partial charge in [0.15, 0.2) is 6.61 Å². The lowest BCUT2D eigenvalue weighted by Crippen LogP contribution is -2.21. The molecule has 1 amide bonds. The smallest absolute Gasteiger partial charge is 0.417 e. The Morgan fingerprint density at radius 3 is 2.44 bits per heavy atom. The number of ether oxygens (including phenoxy) is 1. The molecule has 0 saturated heterocycles. The number of rotatable bonds is 6. The second-order valence-electron chi connectivity index (χ2n) is 5.92. The first-order valence-corrected chi connectivity index (χ1v) is 8.42. The van der Waals surface area contributed by atoms with E-state index in [0.717, 1.165) is 17.7 Å². The highest BCUT2D eigenvalue weighted by Crippen LogP contribution is 2.36. The SMILES string of the molecule is C[C@@H](CC(=O)OCC(=O)Nc1ccc(Cl)c(C(F)(F)F)c1)c1ccccc1. The fourth-order valence-corrected chi connectivity index (χ4v) is 2.60. The highest BCUT2D eigenvalue weighted by atomic mass is 35.5. The summed E-state index contributed by atoms with van der Waals surface area (Å²) in [5.74, 6) is -1.41. The number of alkyl halides is 3. The van der Waals surface area contributed by atoms with E-state index >= 15 is 0 Å². The Morgan fingerprint density at radius 1 is 1.15 bits per heavy atom. The summed E-state index contributed by atoms with van der Waals surface area (Å²) in [5.41, 5.74) is -0.194. The number of benzene rings is 2. The van der Waals surface area contributed by atoms with Gasteiger partial charge >= 0.3 is 12.1 Å². The average Bonchev–Trinajstić information content (AvgIpc) is 2.61. The van der Waals surface area contributed by atoms with Gasteiger partial charge in [-0.2, -0.15) is 13.2 Å². The summed E-state index contributed by atoms with van der Waals surface area (Å²) in [7, 11) is 0. The van der Waals surface area contributed by atoms with Crippen LogP contribution in [0, 0.1) is 0 Å². The topological polar surface area (TPSA) is 55.4 Å². The molecule has 8 heteroatoms. The van der Waals surface area contributed by atoms with Crippen molar-refractivity contribution < 1.29 is 27.5 Å².